The molecule has 1 saturated heterocycles. The van der Waals surface area contributed by atoms with E-state index in [1.54, 1.807) is 39.2 Å². The first-order valence-electron chi connectivity index (χ1n) is 9.16. The number of allylic oxidation sites excluding steroid dienone is 2. The van der Waals surface area contributed by atoms with E-state index in [1.807, 2.05) is 17.8 Å². The Morgan fingerprint density at radius 2 is 2.14 bits per heavy atom. The van der Waals surface area contributed by atoms with Gasteiger partial charge in [0.1, 0.15) is 0 Å². The Morgan fingerprint density at radius 1 is 1.43 bits per heavy atom. The number of hydrogen-bond donors (Lipinski definition) is 3. The fourth-order valence-corrected chi connectivity index (χ4v) is 4.00. The van der Waals surface area contributed by atoms with Crippen LogP contribution in [0.15, 0.2) is 46.4 Å². The Morgan fingerprint density at radius 3 is 2.61 bits per heavy atom. The molecule has 6 nitrogen and oxygen atoms in total. The monoisotopic (exact) mass is 418 g/mol. The number of ether oxygens (including phenoxy) is 1. The maximum atomic E-state index is 12.5. The summed E-state index contributed by atoms with van der Waals surface area (Å²) in [5.41, 5.74) is 2.17. The van der Waals surface area contributed by atoms with E-state index in [-0.39, 0.29) is 6.10 Å². The summed E-state index contributed by atoms with van der Waals surface area (Å²) >= 11 is 6.36. The second-order valence-corrected chi connectivity index (χ2v) is 8.25. The molecule has 3 rings (SSSR count). The van der Waals surface area contributed by atoms with E-state index in [1.165, 1.54) is 24.6 Å². The van der Waals surface area contributed by atoms with E-state index in [0.717, 1.165) is 5.56 Å². The highest BCUT2D eigenvalue weighted by Crippen LogP contribution is 2.38. The van der Waals surface area contributed by atoms with Crippen LogP contribution in [0.25, 0.3) is 0 Å². The first kappa shape index (κ1) is 22.3. The first-order chi connectivity index (χ1) is 13.5. The molecule has 0 radical (unpaired) electrons. The van der Waals surface area contributed by atoms with Crippen molar-refractivity contribution in [3.63, 3.8) is 0 Å². The van der Waals surface area contributed by atoms with E-state index >= 15 is 0 Å². The van der Waals surface area contributed by atoms with Crippen LogP contribution in [-0.4, -0.2) is 41.7 Å². The van der Waals surface area contributed by atoms with Crippen molar-refractivity contribution in [3.8, 4) is 6.07 Å². The van der Waals surface area contributed by atoms with Gasteiger partial charge in [-0.1, -0.05) is 6.07 Å². The molecule has 1 aromatic rings. The van der Waals surface area contributed by atoms with Crippen molar-refractivity contribution in [1.29, 1.82) is 5.26 Å². The number of aromatic nitrogens is 1. The standard InChI is InChI=1S/C16H17N3O2S.C4H9NS/c1-9(2)21-16(20)13-10(3)19-15(22)12(7-17)14(13)11-5-4-6-18-8-11;1-3-6-4-2-5-1/h4-6,8-9,14,19,22H,1-3H3;5H,1-4H2. The van der Waals surface area contributed by atoms with Gasteiger partial charge in [-0.05, 0) is 32.4 Å². The molecule has 28 heavy (non-hydrogen) atoms. The van der Waals surface area contributed by atoms with Gasteiger partial charge in [-0.25, -0.2) is 4.79 Å². The zero-order valence-electron chi connectivity index (χ0n) is 16.4. The first-order valence-corrected chi connectivity index (χ1v) is 10.8. The van der Waals surface area contributed by atoms with Gasteiger partial charge in [0.15, 0.2) is 0 Å². The molecule has 0 aromatic carbocycles. The second kappa shape index (κ2) is 11.1. The summed E-state index contributed by atoms with van der Waals surface area (Å²) in [4.78, 5) is 16.6. The molecule has 1 aromatic heterocycles. The molecule has 0 bridgehead atoms. The summed E-state index contributed by atoms with van der Waals surface area (Å²) in [5, 5.41) is 16.1. The average molecular weight is 419 g/mol. The Bertz CT molecular complexity index is 770. The summed E-state index contributed by atoms with van der Waals surface area (Å²) in [6, 6.07) is 5.73. The molecule has 2 aliphatic heterocycles. The molecular weight excluding hydrogens is 392 g/mol. The lowest BCUT2D eigenvalue weighted by Crippen LogP contribution is -2.29. The number of dihydropyridines is 1. The smallest absolute Gasteiger partial charge is 0.337 e. The lowest BCUT2D eigenvalue weighted by Gasteiger charge is -2.28. The number of nitrogens with one attached hydrogen (secondary N) is 2. The van der Waals surface area contributed by atoms with Gasteiger partial charge in [-0.2, -0.15) is 17.0 Å². The van der Waals surface area contributed by atoms with Gasteiger partial charge < -0.3 is 15.4 Å². The number of carbonyl (C=O) groups excluding carboxylic acids is 1. The quantitative estimate of drug-likeness (QED) is 0.514. The van der Waals surface area contributed by atoms with Crippen LogP contribution >= 0.6 is 24.4 Å². The molecular formula is C20H26N4O2S2. The van der Waals surface area contributed by atoms with Crippen LogP contribution in [0.2, 0.25) is 0 Å². The molecule has 2 aliphatic rings. The van der Waals surface area contributed by atoms with Crippen molar-refractivity contribution >= 4 is 30.4 Å². The van der Waals surface area contributed by atoms with Crippen LogP contribution in [0, 0.1) is 11.3 Å². The molecule has 2 N–H and O–H groups in total. The predicted molar refractivity (Wildman–Crippen MR) is 116 cm³/mol. The second-order valence-electron chi connectivity index (χ2n) is 6.57. The van der Waals surface area contributed by atoms with E-state index in [9.17, 15) is 10.1 Å². The van der Waals surface area contributed by atoms with Gasteiger partial charge in [0.25, 0.3) is 0 Å². The number of esters is 1. The molecule has 3 heterocycles. The van der Waals surface area contributed by atoms with Crippen LogP contribution in [-0.2, 0) is 9.53 Å². The molecule has 150 valence electrons. The van der Waals surface area contributed by atoms with E-state index in [0.29, 0.717) is 21.9 Å². The molecule has 0 saturated carbocycles. The number of carbonyl (C=O) groups is 1. The molecule has 8 heteroatoms. The van der Waals surface area contributed by atoms with Crippen LogP contribution < -0.4 is 10.6 Å². The maximum Gasteiger partial charge on any atom is 0.337 e. The average Bonchev–Trinajstić information content (AvgIpc) is 2.69. The number of nitriles is 1. The van der Waals surface area contributed by atoms with Crippen molar-refractivity contribution in [2.24, 2.45) is 0 Å². The molecule has 1 fully saturated rings. The Labute approximate surface area is 176 Å². The molecule has 1 unspecified atom stereocenters. The number of pyridine rings is 1. The van der Waals surface area contributed by atoms with Crippen LogP contribution in [0.4, 0.5) is 0 Å². The highest BCUT2D eigenvalue weighted by molar-refractivity contribution is 7.99. The van der Waals surface area contributed by atoms with E-state index in [4.69, 9.17) is 4.74 Å². The summed E-state index contributed by atoms with van der Waals surface area (Å²) < 4.78 is 5.33. The Balaban J connectivity index is 0.000000397. The third-order valence-electron chi connectivity index (χ3n) is 4.09. The SMILES string of the molecule is C1CSCCN1.CC1=C(C(=O)OC(C)C)C(c2cccnc2)C(C#N)=C(S)N1. The highest BCUT2D eigenvalue weighted by Gasteiger charge is 2.35. The van der Waals surface area contributed by atoms with Gasteiger partial charge in [0, 0.05) is 42.7 Å². The third-order valence-corrected chi connectivity index (χ3v) is 5.43. The maximum absolute atomic E-state index is 12.5. The van der Waals surface area contributed by atoms with Gasteiger partial charge in [0.05, 0.1) is 34.3 Å². The fourth-order valence-electron chi connectivity index (χ4n) is 2.87. The Kier molecular flexibility index (Phi) is 8.90. The lowest BCUT2D eigenvalue weighted by molar-refractivity contribution is -0.143. The van der Waals surface area contributed by atoms with Crippen molar-refractivity contribution < 1.29 is 9.53 Å². The number of nitrogens with zero attached hydrogens (tertiary/aromatic N) is 2. The van der Waals surface area contributed by atoms with Gasteiger partial charge in [0.2, 0.25) is 0 Å². The zero-order valence-corrected chi connectivity index (χ0v) is 18.1. The fraction of sp³-hybridized carbons (Fsp3) is 0.450. The zero-order chi connectivity index (χ0) is 20.5. The molecule has 0 amide bonds. The van der Waals surface area contributed by atoms with Crippen LogP contribution in [0.3, 0.4) is 0 Å². The van der Waals surface area contributed by atoms with Crippen molar-refractivity contribution in [2.75, 3.05) is 24.6 Å². The highest BCUT2D eigenvalue weighted by atomic mass is 32.2. The van der Waals surface area contributed by atoms with Gasteiger partial charge in [-0.15, -0.1) is 12.6 Å². The molecule has 1 atom stereocenters. The lowest BCUT2D eigenvalue weighted by atomic mass is 9.83. The van der Waals surface area contributed by atoms with Crippen LogP contribution in [0.5, 0.6) is 0 Å². The number of hydrogen-bond acceptors (Lipinski definition) is 8. The normalized spacial score (nSPS) is 19.4. The van der Waals surface area contributed by atoms with Gasteiger partial charge >= 0.3 is 5.97 Å². The predicted octanol–water partition coefficient (Wildman–Crippen LogP) is 2.98. The number of thiol groups is 1. The minimum Gasteiger partial charge on any atom is -0.460 e. The molecule has 0 aliphatic carbocycles. The van der Waals surface area contributed by atoms with E-state index < -0.39 is 11.9 Å². The summed E-state index contributed by atoms with van der Waals surface area (Å²) in [6.45, 7) is 7.77. The van der Waals surface area contributed by atoms with Crippen LogP contribution in [0.1, 0.15) is 32.3 Å². The Hall–Kier alpha value is -1.95. The van der Waals surface area contributed by atoms with Crippen molar-refractivity contribution in [2.45, 2.75) is 32.8 Å². The number of rotatable bonds is 3. The number of thioether (sulfide) groups is 1. The largest absolute Gasteiger partial charge is 0.460 e. The summed E-state index contributed by atoms with van der Waals surface area (Å²) in [5.74, 6) is 1.64. The van der Waals surface area contributed by atoms with E-state index in [2.05, 4.69) is 34.3 Å². The summed E-state index contributed by atoms with van der Waals surface area (Å²) in [7, 11) is 0. The summed E-state index contributed by atoms with van der Waals surface area (Å²) in [6.07, 6.45) is 3.05. The van der Waals surface area contributed by atoms with Crippen molar-refractivity contribution in [1.82, 2.24) is 15.6 Å². The minimum absolute atomic E-state index is 0.241. The molecule has 0 spiro atoms. The van der Waals surface area contributed by atoms with Crippen molar-refractivity contribution in [3.05, 3.63) is 52.0 Å². The topological polar surface area (TPSA) is 87.0 Å². The minimum atomic E-state index is -0.529. The third kappa shape index (κ3) is 6.03. The van der Waals surface area contributed by atoms with Gasteiger partial charge in [-0.3, -0.25) is 4.98 Å².